The molecule has 0 aliphatic heterocycles. The number of guanidine groups is 1. The Hall–Kier alpha value is -1.75. The van der Waals surface area contributed by atoms with E-state index in [4.69, 9.17) is 11.6 Å². The molecule has 0 aliphatic carbocycles. The Morgan fingerprint density at radius 3 is 2.89 bits per heavy atom. The van der Waals surface area contributed by atoms with Crippen LogP contribution in [0.25, 0.3) is 11.0 Å². The van der Waals surface area contributed by atoms with Crippen LogP contribution in [0.2, 0.25) is 5.02 Å². The van der Waals surface area contributed by atoms with Crippen molar-refractivity contribution in [1.82, 2.24) is 20.2 Å². The Balaban J connectivity index is 2.30. The van der Waals surface area contributed by atoms with Crippen LogP contribution in [0, 0.1) is 0 Å². The van der Waals surface area contributed by atoms with Gasteiger partial charge in [-0.3, -0.25) is 4.99 Å². The minimum Gasteiger partial charge on any atom is -0.359 e. The highest BCUT2D eigenvalue weighted by atomic mass is 35.5. The fourth-order valence-corrected chi connectivity index (χ4v) is 2.17. The van der Waals surface area contributed by atoms with E-state index in [1.54, 1.807) is 7.05 Å². The molecule has 1 aromatic heterocycles. The molecule has 0 unspecified atom stereocenters. The van der Waals surface area contributed by atoms with E-state index in [9.17, 15) is 0 Å². The summed E-state index contributed by atoms with van der Waals surface area (Å²) in [7, 11) is 5.51. The van der Waals surface area contributed by atoms with E-state index in [-0.39, 0.29) is 0 Å². The van der Waals surface area contributed by atoms with Crippen LogP contribution in [0.15, 0.2) is 23.2 Å². The van der Waals surface area contributed by atoms with E-state index >= 15 is 0 Å². The Morgan fingerprint density at radius 2 is 2.28 bits per heavy atom. The molecule has 6 heteroatoms. The van der Waals surface area contributed by atoms with Gasteiger partial charge in [0.15, 0.2) is 5.96 Å². The van der Waals surface area contributed by atoms with Gasteiger partial charge in [-0.1, -0.05) is 17.7 Å². The zero-order valence-electron chi connectivity index (χ0n) is 10.7. The lowest BCUT2D eigenvalue weighted by Crippen LogP contribution is -2.34. The third kappa shape index (κ3) is 2.26. The normalized spacial score (nSPS) is 11.9. The van der Waals surface area contributed by atoms with Gasteiger partial charge >= 0.3 is 0 Å². The average molecular weight is 266 g/mol. The van der Waals surface area contributed by atoms with E-state index in [0.717, 1.165) is 22.8 Å². The highest BCUT2D eigenvalue weighted by Crippen LogP contribution is 2.23. The molecule has 0 radical (unpaired) electrons. The molecule has 5 nitrogen and oxygen atoms in total. The molecule has 0 aliphatic rings. The number of fused-ring (bicyclic) bond motifs is 1. The van der Waals surface area contributed by atoms with Crippen LogP contribution in [-0.4, -0.2) is 29.6 Å². The van der Waals surface area contributed by atoms with Gasteiger partial charge in [-0.2, -0.15) is 0 Å². The van der Waals surface area contributed by atoms with Crippen molar-refractivity contribution in [1.29, 1.82) is 0 Å². The number of aryl methyl sites for hydroxylation is 1. The maximum atomic E-state index is 6.18. The van der Waals surface area contributed by atoms with E-state index in [1.807, 2.05) is 36.9 Å². The number of aromatic nitrogens is 2. The topological polar surface area (TPSA) is 54.2 Å². The van der Waals surface area contributed by atoms with Crippen molar-refractivity contribution in [2.75, 3.05) is 14.1 Å². The second kappa shape index (κ2) is 5.27. The molecule has 2 N–H and O–H groups in total. The van der Waals surface area contributed by atoms with Gasteiger partial charge in [-0.25, -0.2) is 4.98 Å². The molecule has 18 heavy (non-hydrogen) atoms. The first kappa shape index (κ1) is 12.7. The van der Waals surface area contributed by atoms with Crippen molar-refractivity contribution in [2.24, 2.45) is 12.0 Å². The molecule has 0 spiro atoms. The van der Waals surface area contributed by atoms with Gasteiger partial charge in [-0.05, 0) is 12.1 Å². The van der Waals surface area contributed by atoms with E-state index in [0.29, 0.717) is 11.6 Å². The first-order chi connectivity index (χ1) is 8.67. The van der Waals surface area contributed by atoms with Crippen molar-refractivity contribution < 1.29 is 0 Å². The predicted octanol–water partition coefficient (Wildman–Crippen LogP) is 1.52. The smallest absolute Gasteiger partial charge is 0.191 e. The van der Waals surface area contributed by atoms with Gasteiger partial charge in [0.25, 0.3) is 0 Å². The standard InChI is InChI=1S/C12H16ClN5/c1-14-12(15-2)16-7-10-17-9-6-4-5-8(13)11(9)18(10)3/h4-6H,7H2,1-3H3,(H2,14,15,16). The number of halogens is 1. The van der Waals surface area contributed by atoms with Gasteiger partial charge in [0.05, 0.1) is 22.6 Å². The molecular weight excluding hydrogens is 250 g/mol. The van der Waals surface area contributed by atoms with Crippen LogP contribution in [0.3, 0.4) is 0 Å². The maximum Gasteiger partial charge on any atom is 0.191 e. The van der Waals surface area contributed by atoms with Crippen molar-refractivity contribution in [2.45, 2.75) is 6.54 Å². The molecule has 0 amide bonds. The molecule has 0 fully saturated rings. The van der Waals surface area contributed by atoms with Crippen LogP contribution < -0.4 is 10.6 Å². The zero-order valence-corrected chi connectivity index (χ0v) is 11.4. The molecule has 1 heterocycles. The van der Waals surface area contributed by atoms with Crippen molar-refractivity contribution in [3.8, 4) is 0 Å². The third-order valence-corrected chi connectivity index (χ3v) is 3.12. The van der Waals surface area contributed by atoms with Gasteiger partial charge in [0.2, 0.25) is 0 Å². The van der Waals surface area contributed by atoms with Gasteiger partial charge in [-0.15, -0.1) is 0 Å². The van der Waals surface area contributed by atoms with Crippen LogP contribution in [0.1, 0.15) is 5.82 Å². The molecule has 0 saturated carbocycles. The fourth-order valence-electron chi connectivity index (χ4n) is 1.87. The average Bonchev–Trinajstić information content (AvgIpc) is 2.69. The van der Waals surface area contributed by atoms with Crippen LogP contribution in [0.4, 0.5) is 0 Å². The second-order valence-corrected chi connectivity index (χ2v) is 4.28. The lowest BCUT2D eigenvalue weighted by Gasteiger charge is -2.08. The highest BCUT2D eigenvalue weighted by Gasteiger charge is 2.10. The summed E-state index contributed by atoms with van der Waals surface area (Å²) in [6.07, 6.45) is 0. The number of aliphatic imine (C=N–C) groups is 1. The number of nitrogens with zero attached hydrogens (tertiary/aromatic N) is 3. The molecular formula is C12H16ClN5. The summed E-state index contributed by atoms with van der Waals surface area (Å²) in [5, 5.41) is 6.85. The number of hydrogen-bond donors (Lipinski definition) is 2. The Kier molecular flexibility index (Phi) is 3.72. The highest BCUT2D eigenvalue weighted by molar-refractivity contribution is 6.35. The molecule has 0 atom stereocenters. The Labute approximate surface area is 111 Å². The molecule has 1 aromatic carbocycles. The quantitative estimate of drug-likeness (QED) is 0.640. The summed E-state index contributed by atoms with van der Waals surface area (Å²) in [6.45, 7) is 0.592. The fraction of sp³-hybridized carbons (Fsp3) is 0.333. The van der Waals surface area contributed by atoms with Crippen LogP contribution >= 0.6 is 11.6 Å². The number of benzene rings is 1. The summed E-state index contributed by atoms with van der Waals surface area (Å²) in [5.41, 5.74) is 1.86. The largest absolute Gasteiger partial charge is 0.359 e. The molecule has 0 bridgehead atoms. The van der Waals surface area contributed by atoms with E-state index in [2.05, 4.69) is 20.6 Å². The maximum absolute atomic E-state index is 6.18. The summed E-state index contributed by atoms with van der Waals surface area (Å²) in [5.74, 6) is 1.64. The Bertz CT molecular complexity index is 587. The Morgan fingerprint density at radius 1 is 1.50 bits per heavy atom. The first-order valence-corrected chi connectivity index (χ1v) is 6.03. The van der Waals surface area contributed by atoms with Crippen molar-refractivity contribution >= 4 is 28.6 Å². The minimum atomic E-state index is 0.592. The zero-order chi connectivity index (χ0) is 13.1. The summed E-state index contributed by atoms with van der Waals surface area (Å²) in [4.78, 5) is 8.60. The number of hydrogen-bond acceptors (Lipinski definition) is 2. The van der Waals surface area contributed by atoms with Gasteiger partial charge < -0.3 is 15.2 Å². The van der Waals surface area contributed by atoms with Crippen LogP contribution in [-0.2, 0) is 13.6 Å². The number of rotatable bonds is 2. The first-order valence-electron chi connectivity index (χ1n) is 5.65. The van der Waals surface area contributed by atoms with Crippen molar-refractivity contribution in [3.63, 3.8) is 0 Å². The van der Waals surface area contributed by atoms with Gasteiger partial charge in [0.1, 0.15) is 5.82 Å². The summed E-state index contributed by atoms with van der Waals surface area (Å²) in [6, 6.07) is 5.73. The summed E-state index contributed by atoms with van der Waals surface area (Å²) >= 11 is 6.18. The lowest BCUT2D eigenvalue weighted by molar-refractivity contribution is 0.751. The van der Waals surface area contributed by atoms with Crippen molar-refractivity contribution in [3.05, 3.63) is 29.0 Å². The summed E-state index contributed by atoms with van der Waals surface area (Å²) < 4.78 is 1.99. The van der Waals surface area contributed by atoms with E-state index < -0.39 is 0 Å². The molecule has 96 valence electrons. The van der Waals surface area contributed by atoms with Gasteiger partial charge in [0, 0.05) is 21.1 Å². The SMILES string of the molecule is CN=C(NC)NCc1nc2cccc(Cl)c2n1C. The molecule has 2 aromatic rings. The monoisotopic (exact) mass is 265 g/mol. The number of nitrogens with one attached hydrogen (secondary N) is 2. The third-order valence-electron chi connectivity index (χ3n) is 2.81. The number of imidazole rings is 1. The molecule has 2 rings (SSSR count). The lowest BCUT2D eigenvalue weighted by atomic mass is 10.3. The van der Waals surface area contributed by atoms with E-state index in [1.165, 1.54) is 0 Å². The van der Waals surface area contributed by atoms with Crippen LogP contribution in [0.5, 0.6) is 0 Å². The predicted molar refractivity (Wildman–Crippen MR) is 75.0 cm³/mol. The second-order valence-electron chi connectivity index (χ2n) is 3.87. The molecule has 0 saturated heterocycles. The minimum absolute atomic E-state index is 0.592. The number of para-hydroxylation sites is 1.